The number of hydrogen-bond donors (Lipinski definition) is 3. The lowest BCUT2D eigenvalue weighted by Crippen LogP contribution is -2.42. The molecule has 1 aromatic carbocycles. The monoisotopic (exact) mass is 466 g/mol. The Morgan fingerprint density at radius 3 is 2.30 bits per heavy atom. The van der Waals surface area contributed by atoms with Gasteiger partial charge in [-0.2, -0.15) is 8.42 Å². The zero-order valence-corrected chi connectivity index (χ0v) is 17.7. The van der Waals surface area contributed by atoms with E-state index in [0.29, 0.717) is 12.2 Å². The van der Waals surface area contributed by atoms with E-state index in [4.69, 9.17) is 30.7 Å². The summed E-state index contributed by atoms with van der Waals surface area (Å²) in [7, 11) is -3.56. The fourth-order valence-corrected chi connectivity index (χ4v) is 2.88. The van der Waals surface area contributed by atoms with Crippen LogP contribution in [0.3, 0.4) is 0 Å². The highest BCUT2D eigenvalue weighted by molar-refractivity contribution is 7.85. The first-order valence-corrected chi connectivity index (χ1v) is 11.0. The van der Waals surface area contributed by atoms with Crippen LogP contribution in [0.5, 0.6) is 5.75 Å². The molecule has 30 heavy (non-hydrogen) atoms. The van der Waals surface area contributed by atoms with Gasteiger partial charge in [-0.1, -0.05) is 0 Å². The molecule has 1 amide bonds. The molecule has 0 unspecified atom stereocenters. The van der Waals surface area contributed by atoms with Crippen LogP contribution in [0.2, 0.25) is 0 Å². The van der Waals surface area contributed by atoms with Crippen LogP contribution < -0.4 is 15.0 Å². The Kier molecular flexibility index (Phi) is 10.4. The third-order valence-electron chi connectivity index (χ3n) is 3.66. The van der Waals surface area contributed by atoms with E-state index >= 15 is 0 Å². The highest BCUT2D eigenvalue weighted by Gasteiger charge is 2.22. The summed E-state index contributed by atoms with van der Waals surface area (Å²) >= 11 is 5.77. The highest BCUT2D eigenvalue weighted by Crippen LogP contribution is 2.20. The molecule has 1 atom stereocenters. The molecule has 0 heterocycles. The Morgan fingerprint density at radius 1 is 1.17 bits per heavy atom. The molecule has 0 aliphatic rings. The first-order chi connectivity index (χ1) is 14.0. The van der Waals surface area contributed by atoms with Gasteiger partial charge in [-0.25, -0.2) is 9.59 Å². The SMILES string of the molecule is CS(=O)(=O)OCCN(CCCl)c1ccc(OC(=O)N[C@@H](CCC(=O)O)C(=O)O)cc1. The summed E-state index contributed by atoms with van der Waals surface area (Å²) in [5.41, 5.74) is 0.672. The van der Waals surface area contributed by atoms with Gasteiger partial charge >= 0.3 is 18.0 Å². The Balaban J connectivity index is 2.69. The smallest absolute Gasteiger partial charge is 0.413 e. The van der Waals surface area contributed by atoms with E-state index in [1.807, 2.05) is 0 Å². The maximum Gasteiger partial charge on any atom is 0.413 e. The number of alkyl halides is 1. The molecule has 0 spiro atoms. The number of carbonyl (C=O) groups is 3. The number of halogens is 1. The van der Waals surface area contributed by atoms with Crippen LogP contribution in [0.1, 0.15) is 12.8 Å². The highest BCUT2D eigenvalue weighted by atomic mass is 35.5. The molecular weight excluding hydrogens is 444 g/mol. The van der Waals surface area contributed by atoms with Gasteiger partial charge in [0.2, 0.25) is 0 Å². The molecule has 168 valence electrons. The van der Waals surface area contributed by atoms with Crippen molar-refractivity contribution in [3.63, 3.8) is 0 Å². The number of nitrogens with zero attached hydrogens (tertiary/aromatic N) is 1. The van der Waals surface area contributed by atoms with Gasteiger partial charge in [0, 0.05) is 31.1 Å². The number of nitrogens with one attached hydrogen (secondary N) is 1. The summed E-state index contributed by atoms with van der Waals surface area (Å²) in [5, 5.41) is 19.8. The number of aliphatic carboxylic acids is 2. The Hall–Kier alpha value is -2.57. The lowest BCUT2D eigenvalue weighted by molar-refractivity contribution is -0.140. The minimum atomic E-state index is -3.56. The van der Waals surface area contributed by atoms with Crippen LogP contribution in [-0.4, -0.2) is 74.5 Å². The maximum absolute atomic E-state index is 11.9. The van der Waals surface area contributed by atoms with Gasteiger partial charge in [0.1, 0.15) is 11.8 Å². The molecule has 0 aromatic heterocycles. The third-order valence-corrected chi connectivity index (χ3v) is 4.43. The van der Waals surface area contributed by atoms with Crippen LogP contribution in [-0.2, 0) is 23.9 Å². The molecule has 0 radical (unpaired) electrons. The van der Waals surface area contributed by atoms with E-state index in [0.717, 1.165) is 6.26 Å². The molecule has 13 heteroatoms. The van der Waals surface area contributed by atoms with Gasteiger partial charge in [-0.3, -0.25) is 8.98 Å². The summed E-state index contributed by atoms with van der Waals surface area (Å²) in [5.74, 6) is -2.16. The summed E-state index contributed by atoms with van der Waals surface area (Å²) in [6, 6.07) is 4.73. The molecule has 1 rings (SSSR count). The number of benzene rings is 1. The number of anilines is 1. The predicted octanol–water partition coefficient (Wildman–Crippen LogP) is 1.11. The number of rotatable bonds is 13. The quantitative estimate of drug-likeness (QED) is 0.284. The molecule has 1 aromatic rings. The Labute approximate surface area is 178 Å². The summed E-state index contributed by atoms with van der Waals surface area (Å²) < 4.78 is 31.9. The van der Waals surface area contributed by atoms with Crippen molar-refractivity contribution >= 4 is 45.4 Å². The van der Waals surface area contributed by atoms with Crippen molar-refractivity contribution in [1.29, 1.82) is 0 Å². The zero-order chi connectivity index (χ0) is 22.7. The van der Waals surface area contributed by atoms with Gasteiger partial charge in [0.15, 0.2) is 0 Å². The number of ether oxygens (including phenoxy) is 1. The van der Waals surface area contributed by atoms with Gasteiger partial charge in [0.25, 0.3) is 10.1 Å². The minimum absolute atomic E-state index is 0.0662. The average Bonchev–Trinajstić information content (AvgIpc) is 2.63. The molecule has 0 saturated heterocycles. The van der Waals surface area contributed by atoms with Crippen molar-refractivity contribution in [2.45, 2.75) is 18.9 Å². The molecule has 0 saturated carbocycles. The first-order valence-electron chi connectivity index (χ1n) is 8.70. The second-order valence-corrected chi connectivity index (χ2v) is 8.08. The van der Waals surface area contributed by atoms with E-state index in [9.17, 15) is 22.8 Å². The maximum atomic E-state index is 11.9. The van der Waals surface area contributed by atoms with Crippen LogP contribution >= 0.6 is 11.6 Å². The van der Waals surface area contributed by atoms with E-state index in [1.54, 1.807) is 17.0 Å². The Bertz CT molecular complexity index is 830. The summed E-state index contributed by atoms with van der Waals surface area (Å²) in [4.78, 5) is 35.3. The standard InChI is InChI=1S/C17H23ClN2O9S/c1-30(26,27)28-11-10-20(9-8-18)12-2-4-13(5-3-12)29-17(25)19-14(16(23)24)6-7-15(21)22/h2-5,14H,6-11H2,1H3,(H,19,25)(H,21,22)(H,23,24)/t14-/m0/s1. The van der Waals surface area contributed by atoms with E-state index < -0.39 is 40.6 Å². The van der Waals surface area contributed by atoms with Gasteiger partial charge in [0.05, 0.1) is 12.9 Å². The number of carboxylic acids is 2. The summed E-state index contributed by atoms with van der Waals surface area (Å²) in [6.45, 7) is 0.604. The molecule has 11 nitrogen and oxygen atoms in total. The second-order valence-electron chi connectivity index (χ2n) is 6.05. The fraction of sp³-hybridized carbons (Fsp3) is 0.471. The Morgan fingerprint density at radius 2 is 1.80 bits per heavy atom. The lowest BCUT2D eigenvalue weighted by Gasteiger charge is -2.23. The minimum Gasteiger partial charge on any atom is -0.481 e. The molecular formula is C17H23ClN2O9S. The van der Waals surface area contributed by atoms with Crippen molar-refractivity contribution in [3.05, 3.63) is 24.3 Å². The predicted molar refractivity (Wildman–Crippen MR) is 108 cm³/mol. The zero-order valence-electron chi connectivity index (χ0n) is 16.1. The summed E-state index contributed by atoms with van der Waals surface area (Å²) in [6.07, 6.45) is -0.806. The number of carboxylic acid groups (broad SMARTS) is 2. The van der Waals surface area contributed by atoms with Gasteiger partial charge in [-0.05, 0) is 30.7 Å². The molecule has 0 bridgehead atoms. The second kappa shape index (κ2) is 12.2. The van der Waals surface area contributed by atoms with Gasteiger partial charge < -0.3 is 25.2 Å². The topological polar surface area (TPSA) is 160 Å². The van der Waals surface area contributed by atoms with Crippen molar-refractivity contribution in [1.82, 2.24) is 5.32 Å². The van der Waals surface area contributed by atoms with E-state index in [-0.39, 0.29) is 31.2 Å². The van der Waals surface area contributed by atoms with Gasteiger partial charge in [-0.15, -0.1) is 11.6 Å². The van der Waals surface area contributed by atoms with E-state index in [1.165, 1.54) is 12.1 Å². The van der Waals surface area contributed by atoms with E-state index in [2.05, 4.69) is 5.32 Å². The largest absolute Gasteiger partial charge is 0.481 e. The van der Waals surface area contributed by atoms with Crippen LogP contribution in [0.25, 0.3) is 0 Å². The van der Waals surface area contributed by atoms with Crippen molar-refractivity contribution in [2.75, 3.05) is 36.7 Å². The fourth-order valence-electron chi connectivity index (χ4n) is 2.30. The molecule has 3 N–H and O–H groups in total. The van der Waals surface area contributed by atoms with Crippen molar-refractivity contribution in [2.24, 2.45) is 0 Å². The normalized spacial score (nSPS) is 12.1. The van der Waals surface area contributed by atoms with Crippen LogP contribution in [0, 0.1) is 0 Å². The number of amides is 1. The number of hydrogen-bond acceptors (Lipinski definition) is 8. The lowest BCUT2D eigenvalue weighted by atomic mass is 10.1. The molecule has 0 aliphatic carbocycles. The first kappa shape index (κ1) is 25.5. The number of carbonyl (C=O) groups excluding carboxylic acids is 1. The van der Waals surface area contributed by atoms with Crippen LogP contribution in [0.15, 0.2) is 24.3 Å². The van der Waals surface area contributed by atoms with Crippen molar-refractivity contribution < 1.29 is 41.9 Å². The van der Waals surface area contributed by atoms with Crippen molar-refractivity contribution in [3.8, 4) is 5.75 Å². The van der Waals surface area contributed by atoms with Crippen LogP contribution in [0.4, 0.5) is 10.5 Å². The third kappa shape index (κ3) is 10.3. The average molecular weight is 467 g/mol. The molecule has 0 fully saturated rings. The molecule has 0 aliphatic heterocycles.